The molecule has 0 aromatic rings. The number of esters is 3. The Labute approximate surface area is 430 Å². The van der Waals surface area contributed by atoms with E-state index in [0.717, 1.165) is 64.2 Å². The minimum absolute atomic E-state index is 0.0710. The molecule has 0 N–H and O–H groups in total. The summed E-state index contributed by atoms with van der Waals surface area (Å²) in [6.07, 6.45) is 69.0. The molecular weight excluding hydrogens is 853 g/mol. The molecule has 0 spiro atoms. The van der Waals surface area contributed by atoms with E-state index in [1.807, 2.05) is 0 Å². The molecule has 406 valence electrons. The number of allylic oxidation sites excluding steroid dienone is 4. The van der Waals surface area contributed by atoms with Gasteiger partial charge in [0.1, 0.15) is 13.2 Å². The molecule has 0 rings (SSSR count). The molecule has 1 unspecified atom stereocenters. The minimum atomic E-state index is -0.773. The Balaban J connectivity index is 4.25. The molecule has 0 aliphatic rings. The summed E-state index contributed by atoms with van der Waals surface area (Å²) in [4.78, 5) is 38.2. The predicted molar refractivity (Wildman–Crippen MR) is 298 cm³/mol. The smallest absolute Gasteiger partial charge is 0.306 e. The average molecular weight is 972 g/mol. The number of carbonyl (C=O) groups is 3. The van der Waals surface area contributed by atoms with Crippen LogP contribution in [0.25, 0.3) is 0 Å². The summed E-state index contributed by atoms with van der Waals surface area (Å²) in [7, 11) is 0. The first-order valence-corrected chi connectivity index (χ1v) is 30.8. The lowest BCUT2D eigenvalue weighted by Gasteiger charge is -2.18. The fourth-order valence-electron chi connectivity index (χ4n) is 9.26. The minimum Gasteiger partial charge on any atom is -0.462 e. The summed E-state index contributed by atoms with van der Waals surface area (Å²) in [5.41, 5.74) is 0. The topological polar surface area (TPSA) is 78.9 Å². The summed E-state index contributed by atoms with van der Waals surface area (Å²) in [6, 6.07) is 0. The van der Waals surface area contributed by atoms with Crippen LogP contribution in [-0.2, 0) is 28.6 Å². The van der Waals surface area contributed by atoms with Crippen LogP contribution in [0.2, 0.25) is 0 Å². The van der Waals surface area contributed by atoms with Gasteiger partial charge in [0.15, 0.2) is 6.10 Å². The Morgan fingerprint density at radius 3 is 0.754 bits per heavy atom. The van der Waals surface area contributed by atoms with E-state index in [0.29, 0.717) is 19.3 Å². The maximum Gasteiger partial charge on any atom is 0.306 e. The molecule has 6 heteroatoms. The zero-order valence-electron chi connectivity index (χ0n) is 46.6. The van der Waals surface area contributed by atoms with E-state index in [2.05, 4.69) is 45.1 Å². The van der Waals surface area contributed by atoms with Gasteiger partial charge in [0.05, 0.1) is 0 Å². The zero-order chi connectivity index (χ0) is 50.0. The zero-order valence-corrected chi connectivity index (χ0v) is 46.6. The van der Waals surface area contributed by atoms with Crippen LogP contribution >= 0.6 is 0 Å². The van der Waals surface area contributed by atoms with E-state index in [9.17, 15) is 14.4 Å². The summed E-state index contributed by atoms with van der Waals surface area (Å²) in [6.45, 7) is 6.66. The number of ether oxygens (including phenoxy) is 3. The summed E-state index contributed by atoms with van der Waals surface area (Å²) < 4.78 is 16.9. The number of carbonyl (C=O) groups excluding carboxylic acids is 3. The van der Waals surface area contributed by atoms with Gasteiger partial charge in [-0.15, -0.1) is 0 Å². The van der Waals surface area contributed by atoms with Crippen LogP contribution in [0.1, 0.15) is 342 Å². The van der Waals surface area contributed by atoms with Crippen molar-refractivity contribution >= 4 is 17.9 Å². The lowest BCUT2D eigenvalue weighted by atomic mass is 10.0. The van der Waals surface area contributed by atoms with E-state index in [4.69, 9.17) is 14.2 Å². The first-order valence-electron chi connectivity index (χ1n) is 30.8. The Morgan fingerprint density at radius 1 is 0.275 bits per heavy atom. The quantitative estimate of drug-likeness (QED) is 0.0261. The lowest BCUT2D eigenvalue weighted by molar-refractivity contribution is -0.167. The second-order valence-electron chi connectivity index (χ2n) is 21.0. The van der Waals surface area contributed by atoms with Crippen LogP contribution in [0, 0.1) is 0 Å². The third-order valence-corrected chi connectivity index (χ3v) is 13.9. The Kier molecular flexibility index (Phi) is 56.7. The van der Waals surface area contributed by atoms with E-state index in [1.165, 1.54) is 238 Å². The molecular formula is C63H118O6. The van der Waals surface area contributed by atoms with E-state index >= 15 is 0 Å². The van der Waals surface area contributed by atoms with Gasteiger partial charge >= 0.3 is 17.9 Å². The summed E-state index contributed by atoms with van der Waals surface area (Å²) in [5.74, 6) is -0.863. The molecule has 0 radical (unpaired) electrons. The maximum absolute atomic E-state index is 12.9. The van der Waals surface area contributed by atoms with Crippen molar-refractivity contribution < 1.29 is 28.6 Å². The van der Waals surface area contributed by atoms with Gasteiger partial charge in [-0.2, -0.15) is 0 Å². The van der Waals surface area contributed by atoms with Crippen LogP contribution in [0.5, 0.6) is 0 Å². The third kappa shape index (κ3) is 56.7. The van der Waals surface area contributed by atoms with Crippen molar-refractivity contribution in [3.8, 4) is 0 Å². The van der Waals surface area contributed by atoms with Crippen LogP contribution in [-0.4, -0.2) is 37.2 Å². The molecule has 0 heterocycles. The van der Waals surface area contributed by atoms with Gasteiger partial charge in [0.25, 0.3) is 0 Å². The number of unbranched alkanes of at least 4 members (excludes halogenated alkanes) is 42. The van der Waals surface area contributed by atoms with Crippen LogP contribution in [0.15, 0.2) is 24.3 Å². The predicted octanol–water partition coefficient (Wildman–Crippen LogP) is 20.7. The third-order valence-electron chi connectivity index (χ3n) is 13.9. The van der Waals surface area contributed by atoms with Crippen LogP contribution in [0.3, 0.4) is 0 Å². The van der Waals surface area contributed by atoms with E-state index in [-0.39, 0.29) is 31.1 Å². The number of hydrogen-bond donors (Lipinski definition) is 0. The van der Waals surface area contributed by atoms with Crippen molar-refractivity contribution in [1.82, 2.24) is 0 Å². The van der Waals surface area contributed by atoms with Crippen molar-refractivity contribution in [2.75, 3.05) is 13.2 Å². The molecule has 0 aromatic heterocycles. The van der Waals surface area contributed by atoms with Gasteiger partial charge in [-0.25, -0.2) is 0 Å². The normalized spacial score (nSPS) is 12.1. The monoisotopic (exact) mass is 971 g/mol. The SMILES string of the molecule is CCCCC/C=C\CCCCCCCC(=O)OCC(COC(=O)CCCCCCCCCCCCCCCCCCCCCCCC)OC(=O)CCCCCCCCC/C=C\CCCCCCCC. The molecule has 0 aromatic carbocycles. The number of rotatable bonds is 57. The van der Waals surface area contributed by atoms with Gasteiger partial charge in [-0.05, 0) is 70.6 Å². The highest BCUT2D eigenvalue weighted by Gasteiger charge is 2.19. The fourth-order valence-corrected chi connectivity index (χ4v) is 9.26. The lowest BCUT2D eigenvalue weighted by Crippen LogP contribution is -2.30. The van der Waals surface area contributed by atoms with Crippen molar-refractivity contribution in [2.24, 2.45) is 0 Å². The van der Waals surface area contributed by atoms with Crippen LogP contribution in [0.4, 0.5) is 0 Å². The van der Waals surface area contributed by atoms with Crippen LogP contribution < -0.4 is 0 Å². The highest BCUT2D eigenvalue weighted by atomic mass is 16.6. The highest BCUT2D eigenvalue weighted by molar-refractivity contribution is 5.71. The molecule has 1 atom stereocenters. The molecule has 6 nitrogen and oxygen atoms in total. The largest absolute Gasteiger partial charge is 0.462 e. The van der Waals surface area contributed by atoms with Gasteiger partial charge < -0.3 is 14.2 Å². The molecule has 0 amide bonds. The first kappa shape index (κ1) is 66.9. The van der Waals surface area contributed by atoms with Gasteiger partial charge in [-0.3, -0.25) is 14.4 Å². The van der Waals surface area contributed by atoms with Crippen molar-refractivity contribution in [3.63, 3.8) is 0 Å². The van der Waals surface area contributed by atoms with Crippen molar-refractivity contribution in [1.29, 1.82) is 0 Å². The van der Waals surface area contributed by atoms with E-state index in [1.54, 1.807) is 0 Å². The highest BCUT2D eigenvalue weighted by Crippen LogP contribution is 2.17. The van der Waals surface area contributed by atoms with Gasteiger partial charge in [-0.1, -0.05) is 276 Å². The molecule has 0 bridgehead atoms. The Morgan fingerprint density at radius 2 is 0.478 bits per heavy atom. The molecule has 69 heavy (non-hydrogen) atoms. The average Bonchev–Trinajstić information content (AvgIpc) is 3.35. The molecule has 0 saturated heterocycles. The van der Waals surface area contributed by atoms with Crippen molar-refractivity contribution in [2.45, 2.75) is 348 Å². The Hall–Kier alpha value is -2.11. The Bertz CT molecular complexity index is 1110. The summed E-state index contributed by atoms with van der Waals surface area (Å²) >= 11 is 0. The first-order chi connectivity index (χ1) is 34.0. The molecule has 0 aliphatic carbocycles. The van der Waals surface area contributed by atoms with Gasteiger partial charge in [0.2, 0.25) is 0 Å². The maximum atomic E-state index is 12.9. The fraction of sp³-hybridized carbons (Fsp3) is 0.889. The molecule has 0 fully saturated rings. The van der Waals surface area contributed by atoms with Gasteiger partial charge in [0, 0.05) is 19.3 Å². The second kappa shape index (κ2) is 58.5. The second-order valence-corrected chi connectivity index (χ2v) is 21.0. The van der Waals surface area contributed by atoms with Crippen molar-refractivity contribution in [3.05, 3.63) is 24.3 Å². The standard InChI is InChI=1S/C63H118O6/c1-4-7-10-13-16-19-22-25-27-29-30-31-32-33-35-36-38-41-44-47-50-53-56-62(65)68-59-60(58-67-61(64)55-52-49-46-43-40-24-21-18-15-12-9-6-3)69-63(66)57-54-51-48-45-42-39-37-34-28-26-23-20-17-14-11-8-5-2/h18,21,26,28,60H,4-17,19-20,22-25,27,29-59H2,1-3H3/b21-18-,28-26-. The molecule has 0 aliphatic heterocycles. The summed E-state index contributed by atoms with van der Waals surface area (Å²) in [5, 5.41) is 0. The number of hydrogen-bond acceptors (Lipinski definition) is 6. The van der Waals surface area contributed by atoms with E-state index < -0.39 is 6.10 Å². The molecule has 0 saturated carbocycles.